The maximum Gasteiger partial charge on any atom is 0.305 e. The molecule has 0 saturated carbocycles. The zero-order valence-corrected chi connectivity index (χ0v) is 9.52. The molecule has 2 aromatic rings. The highest BCUT2D eigenvalue weighted by molar-refractivity contribution is 5.67. The van der Waals surface area contributed by atoms with Gasteiger partial charge in [-0.1, -0.05) is 0 Å². The second kappa shape index (κ2) is 5.33. The minimum Gasteiger partial charge on any atom is -0.481 e. The minimum atomic E-state index is -0.972. The molecule has 0 aliphatic carbocycles. The van der Waals surface area contributed by atoms with Crippen LogP contribution in [0.25, 0.3) is 11.3 Å². The molecule has 1 atom stereocenters. The van der Waals surface area contributed by atoms with Gasteiger partial charge in [-0.05, 0) is 18.2 Å². The molecule has 0 fully saturated rings. The molecule has 0 bridgehead atoms. The number of carboxylic acid groups (broad SMARTS) is 1. The van der Waals surface area contributed by atoms with Crippen molar-refractivity contribution in [1.82, 2.24) is 15.0 Å². The summed E-state index contributed by atoms with van der Waals surface area (Å²) in [5, 5.41) is 8.69. The van der Waals surface area contributed by atoms with Crippen LogP contribution in [0.15, 0.2) is 36.8 Å². The van der Waals surface area contributed by atoms with E-state index in [0.29, 0.717) is 11.5 Å². The lowest BCUT2D eigenvalue weighted by Gasteiger charge is -2.08. The van der Waals surface area contributed by atoms with Gasteiger partial charge >= 0.3 is 5.97 Å². The Morgan fingerprint density at radius 2 is 2.00 bits per heavy atom. The van der Waals surface area contributed by atoms with Crippen molar-refractivity contribution in [2.45, 2.75) is 12.5 Å². The molecule has 0 spiro atoms. The first-order chi connectivity index (χ1) is 8.66. The fourth-order valence-corrected chi connectivity index (χ4v) is 1.52. The van der Waals surface area contributed by atoms with Gasteiger partial charge in [0.15, 0.2) is 0 Å². The van der Waals surface area contributed by atoms with E-state index in [2.05, 4.69) is 15.0 Å². The second-order valence-electron chi connectivity index (χ2n) is 3.74. The topological polar surface area (TPSA) is 102 Å². The summed E-state index contributed by atoms with van der Waals surface area (Å²) in [5.41, 5.74) is 7.31. The predicted octanol–water partition coefficient (Wildman–Crippen LogP) is 1.01. The van der Waals surface area contributed by atoms with Gasteiger partial charge in [-0.15, -0.1) is 0 Å². The van der Waals surface area contributed by atoms with Crippen LogP contribution in [-0.2, 0) is 4.79 Å². The third kappa shape index (κ3) is 2.86. The number of hydrogen-bond acceptors (Lipinski definition) is 5. The molecule has 0 aliphatic rings. The second-order valence-corrected chi connectivity index (χ2v) is 3.74. The first-order valence-electron chi connectivity index (χ1n) is 5.37. The Kier molecular flexibility index (Phi) is 3.59. The van der Waals surface area contributed by atoms with Crippen molar-refractivity contribution in [1.29, 1.82) is 0 Å². The van der Waals surface area contributed by atoms with Crippen LogP contribution >= 0.6 is 0 Å². The maximum atomic E-state index is 10.6. The molecular formula is C12H12N4O2. The Bertz CT molecular complexity index is 545. The molecule has 0 aromatic carbocycles. The standard InChI is InChI=1S/C12H12N4O2/c13-9(7-11(17)18)12-15-6-3-10(16-12)8-1-4-14-5-2-8/h1-6,9H,7,13H2,(H,17,18). The molecule has 0 radical (unpaired) electrons. The molecule has 0 amide bonds. The Labute approximate surface area is 104 Å². The summed E-state index contributed by atoms with van der Waals surface area (Å²) in [6, 6.07) is 4.67. The van der Waals surface area contributed by atoms with Gasteiger partial charge in [-0.3, -0.25) is 9.78 Å². The number of nitrogens with two attached hydrogens (primary N) is 1. The van der Waals surface area contributed by atoms with Crippen LogP contribution in [0.3, 0.4) is 0 Å². The smallest absolute Gasteiger partial charge is 0.305 e. The molecule has 0 saturated heterocycles. The third-order valence-corrected chi connectivity index (χ3v) is 2.38. The van der Waals surface area contributed by atoms with Gasteiger partial charge in [0, 0.05) is 24.2 Å². The maximum absolute atomic E-state index is 10.6. The molecule has 92 valence electrons. The number of carboxylic acids is 1. The Hall–Kier alpha value is -2.34. The van der Waals surface area contributed by atoms with Gasteiger partial charge in [-0.25, -0.2) is 9.97 Å². The van der Waals surface area contributed by atoms with E-state index in [1.54, 1.807) is 24.7 Å². The zero-order valence-electron chi connectivity index (χ0n) is 9.52. The van der Waals surface area contributed by atoms with Crippen LogP contribution < -0.4 is 5.73 Å². The van der Waals surface area contributed by atoms with Crippen molar-refractivity contribution < 1.29 is 9.90 Å². The molecule has 18 heavy (non-hydrogen) atoms. The predicted molar refractivity (Wildman–Crippen MR) is 64.4 cm³/mol. The summed E-state index contributed by atoms with van der Waals surface area (Å²) in [7, 11) is 0. The van der Waals surface area contributed by atoms with Crippen LogP contribution in [0, 0.1) is 0 Å². The van der Waals surface area contributed by atoms with Crippen LogP contribution in [0.2, 0.25) is 0 Å². The highest BCUT2D eigenvalue weighted by atomic mass is 16.4. The van der Waals surface area contributed by atoms with Crippen molar-refractivity contribution in [3.63, 3.8) is 0 Å². The molecule has 3 N–H and O–H groups in total. The summed E-state index contributed by atoms with van der Waals surface area (Å²) in [6.07, 6.45) is 4.70. The van der Waals surface area contributed by atoms with Crippen molar-refractivity contribution >= 4 is 5.97 Å². The monoisotopic (exact) mass is 244 g/mol. The van der Waals surface area contributed by atoms with E-state index in [-0.39, 0.29) is 6.42 Å². The summed E-state index contributed by atoms with van der Waals surface area (Å²) in [5.74, 6) is -0.646. The van der Waals surface area contributed by atoms with Gasteiger partial charge in [0.25, 0.3) is 0 Å². The summed E-state index contributed by atoms with van der Waals surface area (Å²) in [4.78, 5) is 22.8. The van der Waals surface area contributed by atoms with Crippen molar-refractivity contribution in [3.8, 4) is 11.3 Å². The number of nitrogens with zero attached hydrogens (tertiary/aromatic N) is 3. The van der Waals surface area contributed by atoms with Gasteiger partial charge in [-0.2, -0.15) is 0 Å². The fraction of sp³-hybridized carbons (Fsp3) is 0.167. The quantitative estimate of drug-likeness (QED) is 0.832. The van der Waals surface area contributed by atoms with E-state index in [9.17, 15) is 4.79 Å². The number of carbonyl (C=O) groups is 1. The lowest BCUT2D eigenvalue weighted by Crippen LogP contribution is -2.18. The van der Waals surface area contributed by atoms with E-state index in [0.717, 1.165) is 5.56 Å². The number of aliphatic carboxylic acids is 1. The number of hydrogen-bond donors (Lipinski definition) is 2. The first kappa shape index (κ1) is 12.1. The Balaban J connectivity index is 2.28. The van der Waals surface area contributed by atoms with Crippen molar-refractivity contribution in [2.24, 2.45) is 5.73 Å². The van der Waals surface area contributed by atoms with E-state index in [1.165, 1.54) is 0 Å². The van der Waals surface area contributed by atoms with Crippen LogP contribution in [-0.4, -0.2) is 26.0 Å². The molecule has 6 nitrogen and oxygen atoms in total. The number of pyridine rings is 1. The molecule has 1 unspecified atom stereocenters. The molecule has 6 heteroatoms. The van der Waals surface area contributed by atoms with Crippen molar-refractivity contribution in [3.05, 3.63) is 42.6 Å². The molecule has 0 aliphatic heterocycles. The summed E-state index contributed by atoms with van der Waals surface area (Å²) < 4.78 is 0. The minimum absolute atomic E-state index is 0.195. The van der Waals surface area contributed by atoms with Crippen molar-refractivity contribution in [2.75, 3.05) is 0 Å². The van der Waals surface area contributed by atoms with Gasteiger partial charge in [0.1, 0.15) is 5.82 Å². The average molecular weight is 244 g/mol. The van der Waals surface area contributed by atoms with Crippen LogP contribution in [0.5, 0.6) is 0 Å². The van der Waals surface area contributed by atoms with E-state index < -0.39 is 12.0 Å². The SMILES string of the molecule is NC(CC(=O)O)c1nccc(-c2ccncc2)n1. The lowest BCUT2D eigenvalue weighted by molar-refractivity contribution is -0.137. The van der Waals surface area contributed by atoms with Gasteiger partial charge in [0.05, 0.1) is 18.2 Å². The van der Waals surface area contributed by atoms with Crippen LogP contribution in [0.4, 0.5) is 0 Å². The normalized spacial score (nSPS) is 12.1. The molecule has 2 rings (SSSR count). The Morgan fingerprint density at radius 1 is 1.28 bits per heavy atom. The first-order valence-corrected chi connectivity index (χ1v) is 5.37. The summed E-state index contributed by atoms with van der Waals surface area (Å²) in [6.45, 7) is 0. The zero-order chi connectivity index (χ0) is 13.0. The average Bonchev–Trinajstić information content (AvgIpc) is 2.39. The number of aromatic nitrogens is 3. The Morgan fingerprint density at radius 3 is 2.67 bits per heavy atom. The highest BCUT2D eigenvalue weighted by Gasteiger charge is 2.14. The highest BCUT2D eigenvalue weighted by Crippen LogP contribution is 2.17. The van der Waals surface area contributed by atoms with Gasteiger partial charge in [0.2, 0.25) is 0 Å². The van der Waals surface area contributed by atoms with Crippen LogP contribution in [0.1, 0.15) is 18.3 Å². The van der Waals surface area contributed by atoms with E-state index >= 15 is 0 Å². The van der Waals surface area contributed by atoms with E-state index in [4.69, 9.17) is 10.8 Å². The largest absolute Gasteiger partial charge is 0.481 e. The summed E-state index contributed by atoms with van der Waals surface area (Å²) >= 11 is 0. The fourth-order valence-electron chi connectivity index (χ4n) is 1.52. The molecule has 2 heterocycles. The number of rotatable bonds is 4. The molecule has 2 aromatic heterocycles. The third-order valence-electron chi connectivity index (χ3n) is 2.38. The lowest BCUT2D eigenvalue weighted by atomic mass is 10.1. The molecular weight excluding hydrogens is 232 g/mol. The van der Waals surface area contributed by atoms with E-state index in [1.807, 2.05) is 12.1 Å². The van der Waals surface area contributed by atoms with Gasteiger partial charge < -0.3 is 10.8 Å².